The minimum absolute atomic E-state index is 0.00609. The third kappa shape index (κ3) is 5.67. The number of amides is 1. The van der Waals surface area contributed by atoms with Gasteiger partial charge in [0.1, 0.15) is 0 Å². The normalized spacial score (nSPS) is 12.6. The van der Waals surface area contributed by atoms with E-state index in [1.165, 1.54) is 16.7 Å². The average molecular weight is 367 g/mol. The van der Waals surface area contributed by atoms with Crippen LogP contribution in [-0.4, -0.2) is 12.5 Å². The van der Waals surface area contributed by atoms with E-state index in [9.17, 15) is 4.79 Å². The molecule has 0 spiro atoms. The minimum Gasteiger partial charge on any atom is -0.324 e. The Kier molecular flexibility index (Phi) is 7.61. The van der Waals surface area contributed by atoms with Gasteiger partial charge in [0.2, 0.25) is 5.91 Å². The van der Waals surface area contributed by atoms with Crippen LogP contribution >= 0.6 is 0 Å². The maximum Gasteiger partial charge on any atom is 0.238 e. The van der Waals surface area contributed by atoms with Crippen molar-refractivity contribution < 1.29 is 4.79 Å². The van der Waals surface area contributed by atoms with Gasteiger partial charge >= 0.3 is 0 Å². The van der Waals surface area contributed by atoms with Gasteiger partial charge in [-0.15, -0.1) is 0 Å². The van der Waals surface area contributed by atoms with Crippen molar-refractivity contribution in [1.29, 1.82) is 0 Å². The van der Waals surface area contributed by atoms with E-state index in [4.69, 9.17) is 0 Å². The van der Waals surface area contributed by atoms with E-state index < -0.39 is 0 Å². The summed E-state index contributed by atoms with van der Waals surface area (Å²) in [4.78, 5) is 12.7. The molecule has 2 N–H and O–H groups in total. The van der Waals surface area contributed by atoms with Crippen LogP contribution in [0.15, 0.2) is 48.5 Å². The number of para-hydroxylation sites is 1. The molecule has 0 aliphatic carbocycles. The van der Waals surface area contributed by atoms with Gasteiger partial charge in [0.15, 0.2) is 0 Å². The number of carbonyl (C=O) groups excluding carboxylic acids is 1. The van der Waals surface area contributed by atoms with Crippen molar-refractivity contribution in [2.24, 2.45) is 5.92 Å². The highest BCUT2D eigenvalue weighted by Crippen LogP contribution is 2.32. The van der Waals surface area contributed by atoms with Crippen molar-refractivity contribution in [2.75, 3.05) is 11.9 Å². The molecule has 2 rings (SSSR count). The van der Waals surface area contributed by atoms with Crippen molar-refractivity contribution in [1.82, 2.24) is 5.32 Å². The molecule has 2 aromatic carbocycles. The largest absolute Gasteiger partial charge is 0.324 e. The Morgan fingerprint density at radius 3 is 1.85 bits per heavy atom. The second-order valence-electron chi connectivity index (χ2n) is 8.18. The topological polar surface area (TPSA) is 41.1 Å². The molecule has 0 saturated heterocycles. The van der Waals surface area contributed by atoms with Gasteiger partial charge in [-0.05, 0) is 34.4 Å². The van der Waals surface area contributed by atoms with Gasteiger partial charge in [-0.1, -0.05) is 90.1 Å². The number of hydrogen-bond acceptors (Lipinski definition) is 2. The summed E-state index contributed by atoms with van der Waals surface area (Å²) in [5.41, 5.74) is 4.58. The van der Waals surface area contributed by atoms with E-state index in [0.717, 1.165) is 5.69 Å². The van der Waals surface area contributed by atoms with Gasteiger partial charge < -0.3 is 10.6 Å². The second kappa shape index (κ2) is 9.70. The highest BCUT2D eigenvalue weighted by molar-refractivity contribution is 5.94. The van der Waals surface area contributed by atoms with Crippen LogP contribution in [0, 0.1) is 5.92 Å². The van der Waals surface area contributed by atoms with Gasteiger partial charge in [-0.3, -0.25) is 4.79 Å². The first-order chi connectivity index (χ1) is 12.8. The van der Waals surface area contributed by atoms with Crippen LogP contribution in [-0.2, 0) is 4.79 Å². The fourth-order valence-corrected chi connectivity index (χ4v) is 3.48. The predicted molar refractivity (Wildman–Crippen MR) is 115 cm³/mol. The average Bonchev–Trinajstić information content (AvgIpc) is 2.62. The molecule has 0 heterocycles. The number of benzene rings is 2. The quantitative estimate of drug-likeness (QED) is 0.614. The molecule has 2 aromatic rings. The van der Waals surface area contributed by atoms with Crippen LogP contribution in [0.2, 0.25) is 0 Å². The SMILES string of the molecule is CC(C)c1cccc(C(C)C)c1NC(=O)CN[C@@H](c1ccccc1)C(C)C. The Labute approximate surface area is 164 Å². The monoisotopic (exact) mass is 366 g/mol. The molecule has 0 fully saturated rings. The second-order valence-corrected chi connectivity index (χ2v) is 8.18. The van der Waals surface area contributed by atoms with Crippen molar-refractivity contribution in [3.05, 3.63) is 65.2 Å². The molecule has 146 valence electrons. The first-order valence-corrected chi connectivity index (χ1v) is 10.0. The molecule has 1 amide bonds. The fraction of sp³-hybridized carbons (Fsp3) is 0.458. The molecule has 0 unspecified atom stereocenters. The standard InChI is InChI=1S/C24H34N2O/c1-16(2)20-13-10-14-21(17(3)4)24(20)26-22(27)15-25-23(18(5)6)19-11-8-7-9-12-19/h7-14,16-18,23,25H,15H2,1-6H3,(H,26,27)/t23-/m1/s1. The third-order valence-electron chi connectivity index (χ3n) is 4.95. The maximum absolute atomic E-state index is 12.7. The molecule has 0 radical (unpaired) electrons. The summed E-state index contributed by atoms with van der Waals surface area (Å²) < 4.78 is 0. The van der Waals surface area contributed by atoms with Crippen LogP contribution < -0.4 is 10.6 Å². The summed E-state index contributed by atoms with van der Waals surface area (Å²) in [7, 11) is 0. The summed E-state index contributed by atoms with van der Waals surface area (Å²) in [5, 5.41) is 6.63. The van der Waals surface area contributed by atoms with Gasteiger partial charge in [0.05, 0.1) is 6.54 Å². The Morgan fingerprint density at radius 1 is 0.815 bits per heavy atom. The lowest BCUT2D eigenvalue weighted by Gasteiger charge is -2.24. The third-order valence-corrected chi connectivity index (χ3v) is 4.95. The van der Waals surface area contributed by atoms with E-state index in [2.05, 4.69) is 82.5 Å². The van der Waals surface area contributed by atoms with Crippen molar-refractivity contribution in [2.45, 2.75) is 59.4 Å². The number of nitrogens with one attached hydrogen (secondary N) is 2. The van der Waals surface area contributed by atoms with Crippen molar-refractivity contribution in [3.63, 3.8) is 0 Å². The van der Waals surface area contributed by atoms with Gasteiger partial charge in [-0.2, -0.15) is 0 Å². The molecule has 3 heteroatoms. The smallest absolute Gasteiger partial charge is 0.238 e. The Hall–Kier alpha value is -2.13. The molecule has 0 aliphatic rings. The summed E-state index contributed by atoms with van der Waals surface area (Å²) in [6, 6.07) is 16.8. The summed E-state index contributed by atoms with van der Waals surface area (Å²) in [6.45, 7) is 13.3. The molecule has 0 aromatic heterocycles. The highest BCUT2D eigenvalue weighted by atomic mass is 16.1. The zero-order chi connectivity index (χ0) is 20.0. The molecule has 0 bridgehead atoms. The van der Waals surface area contributed by atoms with Crippen LogP contribution in [0.25, 0.3) is 0 Å². The lowest BCUT2D eigenvalue weighted by molar-refractivity contribution is -0.115. The van der Waals surface area contributed by atoms with E-state index in [1.807, 2.05) is 18.2 Å². The van der Waals surface area contributed by atoms with Crippen molar-refractivity contribution in [3.8, 4) is 0 Å². The maximum atomic E-state index is 12.7. The Bertz CT molecular complexity index is 709. The van der Waals surface area contributed by atoms with E-state index in [0.29, 0.717) is 24.3 Å². The summed E-state index contributed by atoms with van der Waals surface area (Å²) >= 11 is 0. The zero-order valence-corrected chi connectivity index (χ0v) is 17.5. The number of anilines is 1. The van der Waals surface area contributed by atoms with Crippen LogP contribution in [0.1, 0.15) is 76.1 Å². The molecule has 0 saturated carbocycles. The molecule has 1 atom stereocenters. The summed E-state index contributed by atoms with van der Waals surface area (Å²) in [5.74, 6) is 1.13. The Balaban J connectivity index is 2.14. The van der Waals surface area contributed by atoms with E-state index in [1.54, 1.807) is 0 Å². The molecule has 0 aliphatic heterocycles. The molecule has 27 heavy (non-hydrogen) atoms. The van der Waals surface area contributed by atoms with E-state index >= 15 is 0 Å². The first kappa shape index (κ1) is 21.2. The predicted octanol–water partition coefficient (Wildman–Crippen LogP) is 5.86. The zero-order valence-electron chi connectivity index (χ0n) is 17.5. The van der Waals surface area contributed by atoms with Crippen LogP contribution in [0.3, 0.4) is 0 Å². The summed E-state index contributed by atoms with van der Waals surface area (Å²) in [6.07, 6.45) is 0. The molecular weight excluding hydrogens is 332 g/mol. The highest BCUT2D eigenvalue weighted by Gasteiger charge is 2.19. The van der Waals surface area contributed by atoms with Gasteiger partial charge in [0.25, 0.3) is 0 Å². The van der Waals surface area contributed by atoms with Crippen molar-refractivity contribution >= 4 is 11.6 Å². The van der Waals surface area contributed by atoms with Gasteiger partial charge in [-0.25, -0.2) is 0 Å². The van der Waals surface area contributed by atoms with Crippen LogP contribution in [0.5, 0.6) is 0 Å². The Morgan fingerprint density at radius 2 is 1.37 bits per heavy atom. The minimum atomic E-state index is 0.00609. The molecular formula is C24H34N2O. The molecule has 3 nitrogen and oxygen atoms in total. The van der Waals surface area contributed by atoms with E-state index in [-0.39, 0.29) is 11.9 Å². The lowest BCUT2D eigenvalue weighted by Crippen LogP contribution is -2.34. The van der Waals surface area contributed by atoms with Crippen LogP contribution in [0.4, 0.5) is 5.69 Å². The fourth-order valence-electron chi connectivity index (χ4n) is 3.48. The lowest BCUT2D eigenvalue weighted by atomic mass is 9.92. The number of hydrogen-bond donors (Lipinski definition) is 2. The first-order valence-electron chi connectivity index (χ1n) is 10.0. The van der Waals surface area contributed by atoms with Gasteiger partial charge in [0, 0.05) is 11.7 Å². The number of rotatable bonds is 8. The number of carbonyl (C=O) groups is 1.